The molecule has 10 heteroatoms. The molecule has 26 heavy (non-hydrogen) atoms. The van der Waals surface area contributed by atoms with Crippen LogP contribution >= 0.6 is 0 Å². The third-order valence-electron chi connectivity index (χ3n) is 3.80. The van der Waals surface area contributed by atoms with Crippen LogP contribution in [0, 0.1) is 10.1 Å². The number of hydrogen-bond donors (Lipinski definition) is 0. The zero-order chi connectivity index (χ0) is 18.3. The number of nitrogens with zero attached hydrogens (tertiary/aromatic N) is 4. The lowest BCUT2D eigenvalue weighted by atomic mass is 10.1. The molecule has 0 bridgehead atoms. The van der Waals surface area contributed by atoms with Gasteiger partial charge in [0.2, 0.25) is 0 Å². The van der Waals surface area contributed by atoms with Crippen LogP contribution < -0.4 is 4.28 Å². The smallest absolute Gasteiger partial charge is 0.264 e. The van der Waals surface area contributed by atoms with Crippen LogP contribution in [0.15, 0.2) is 65.6 Å². The second kappa shape index (κ2) is 5.77. The van der Waals surface area contributed by atoms with Gasteiger partial charge in [-0.05, 0) is 22.7 Å². The van der Waals surface area contributed by atoms with E-state index < -0.39 is 15.0 Å². The maximum absolute atomic E-state index is 12.7. The van der Waals surface area contributed by atoms with Crippen molar-refractivity contribution >= 4 is 37.6 Å². The van der Waals surface area contributed by atoms with Crippen LogP contribution in [0.5, 0.6) is 0 Å². The monoisotopic (exact) mass is 370 g/mol. The normalized spacial score (nSPS) is 11.7. The topological polar surface area (TPSA) is 117 Å². The number of aromatic nitrogens is 3. The minimum atomic E-state index is -4.24. The van der Waals surface area contributed by atoms with E-state index in [9.17, 15) is 18.5 Å². The van der Waals surface area contributed by atoms with E-state index in [-0.39, 0.29) is 21.6 Å². The number of benzene rings is 3. The summed E-state index contributed by atoms with van der Waals surface area (Å²) in [7, 11) is -4.24. The average molecular weight is 370 g/mol. The van der Waals surface area contributed by atoms with E-state index in [4.69, 9.17) is 4.28 Å². The minimum absolute atomic E-state index is 0.0373. The first kappa shape index (κ1) is 16.0. The van der Waals surface area contributed by atoms with Crippen molar-refractivity contribution in [2.75, 3.05) is 0 Å². The van der Waals surface area contributed by atoms with Gasteiger partial charge in [-0.15, -0.1) is 5.10 Å². The molecule has 0 atom stereocenters. The Hall–Kier alpha value is -3.53. The molecule has 130 valence electrons. The molecule has 1 heterocycles. The summed E-state index contributed by atoms with van der Waals surface area (Å²) in [4.78, 5) is 11.0. The maximum Gasteiger partial charge on any atom is 0.359 e. The molecular formula is C16H10N4O5S. The van der Waals surface area contributed by atoms with Crippen molar-refractivity contribution in [1.29, 1.82) is 0 Å². The fourth-order valence-electron chi connectivity index (χ4n) is 2.60. The van der Waals surface area contributed by atoms with Gasteiger partial charge in [-0.2, -0.15) is 8.42 Å². The maximum atomic E-state index is 12.7. The van der Waals surface area contributed by atoms with Gasteiger partial charge >= 0.3 is 10.1 Å². The summed E-state index contributed by atoms with van der Waals surface area (Å²) in [5.41, 5.74) is 0.110. The van der Waals surface area contributed by atoms with Gasteiger partial charge in [0.05, 0.1) is 4.92 Å². The minimum Gasteiger partial charge on any atom is -0.264 e. The zero-order valence-electron chi connectivity index (χ0n) is 13.0. The van der Waals surface area contributed by atoms with Gasteiger partial charge in [0, 0.05) is 17.5 Å². The van der Waals surface area contributed by atoms with Gasteiger partial charge in [0.1, 0.15) is 15.9 Å². The molecule has 4 aromatic rings. The lowest BCUT2D eigenvalue weighted by molar-refractivity contribution is -0.384. The molecule has 0 saturated carbocycles. The molecule has 0 radical (unpaired) electrons. The number of fused-ring (bicyclic) bond motifs is 2. The molecule has 1 aromatic heterocycles. The quantitative estimate of drug-likeness (QED) is 0.399. The van der Waals surface area contributed by atoms with Crippen LogP contribution in [0.3, 0.4) is 0 Å². The highest BCUT2D eigenvalue weighted by atomic mass is 32.2. The first-order valence-electron chi connectivity index (χ1n) is 7.38. The number of nitro benzene ring substituents is 1. The van der Waals surface area contributed by atoms with Crippen molar-refractivity contribution in [3.63, 3.8) is 0 Å². The van der Waals surface area contributed by atoms with E-state index in [1.165, 1.54) is 18.2 Å². The van der Waals surface area contributed by atoms with Gasteiger partial charge in [-0.3, -0.25) is 14.4 Å². The summed E-state index contributed by atoms with van der Waals surface area (Å²) in [6.07, 6.45) is 0. The molecular weight excluding hydrogens is 360 g/mol. The molecule has 0 fully saturated rings. The largest absolute Gasteiger partial charge is 0.359 e. The van der Waals surface area contributed by atoms with E-state index in [1.54, 1.807) is 36.4 Å². The molecule has 4 rings (SSSR count). The van der Waals surface area contributed by atoms with Crippen LogP contribution in [0.25, 0.3) is 21.8 Å². The van der Waals surface area contributed by atoms with Crippen LogP contribution in [0.2, 0.25) is 0 Å². The highest BCUT2D eigenvalue weighted by molar-refractivity contribution is 7.87. The summed E-state index contributed by atoms with van der Waals surface area (Å²) < 4.78 is 30.5. The van der Waals surface area contributed by atoms with Gasteiger partial charge in [0.15, 0.2) is 0 Å². The average Bonchev–Trinajstić information content (AvgIpc) is 3.02. The predicted molar refractivity (Wildman–Crippen MR) is 91.9 cm³/mol. The Morgan fingerprint density at radius 3 is 2.62 bits per heavy atom. The molecule has 0 N–H and O–H groups in total. The Bertz CT molecular complexity index is 1260. The summed E-state index contributed by atoms with van der Waals surface area (Å²) in [5.74, 6) is 0. The number of hydrogen-bond acceptors (Lipinski definition) is 7. The Kier molecular flexibility index (Phi) is 3.55. The standard InChI is InChI=1S/C16H10N4O5S/c21-20(22)12-8-9-14-15(10-12)19(18-17-14)25-26(23,24)16-7-3-5-11-4-1-2-6-13(11)16/h1-10H. The Labute approximate surface area is 146 Å². The molecule has 0 aliphatic carbocycles. The summed E-state index contributed by atoms with van der Waals surface area (Å²) in [6.45, 7) is 0. The second-order valence-corrected chi connectivity index (χ2v) is 6.90. The van der Waals surface area contributed by atoms with Crippen LogP contribution in [0.1, 0.15) is 0 Å². The number of nitro groups is 1. The molecule has 0 spiro atoms. The highest BCUT2D eigenvalue weighted by Crippen LogP contribution is 2.24. The fraction of sp³-hybridized carbons (Fsp3) is 0. The van der Waals surface area contributed by atoms with Crippen LogP contribution in [-0.4, -0.2) is 28.5 Å². The predicted octanol–water partition coefficient (Wildman–Crippen LogP) is 2.31. The van der Waals surface area contributed by atoms with Gasteiger partial charge < -0.3 is 0 Å². The van der Waals surface area contributed by atoms with Crippen LogP contribution in [-0.2, 0) is 10.1 Å². The Morgan fingerprint density at radius 1 is 1.04 bits per heavy atom. The van der Waals surface area contributed by atoms with E-state index in [2.05, 4.69) is 10.3 Å². The Balaban J connectivity index is 1.82. The molecule has 0 aliphatic rings. The third kappa shape index (κ3) is 2.62. The zero-order valence-corrected chi connectivity index (χ0v) is 13.8. The van der Waals surface area contributed by atoms with E-state index >= 15 is 0 Å². The molecule has 0 unspecified atom stereocenters. The summed E-state index contributed by atoms with van der Waals surface area (Å²) in [6, 6.07) is 15.5. The number of non-ortho nitro benzene ring substituents is 1. The van der Waals surface area contributed by atoms with Crippen molar-refractivity contribution in [3.8, 4) is 0 Å². The highest BCUT2D eigenvalue weighted by Gasteiger charge is 2.22. The second-order valence-electron chi connectivity index (χ2n) is 5.40. The van der Waals surface area contributed by atoms with E-state index in [0.717, 1.165) is 11.5 Å². The molecule has 3 aromatic carbocycles. The van der Waals surface area contributed by atoms with Crippen LogP contribution in [0.4, 0.5) is 5.69 Å². The van der Waals surface area contributed by atoms with Gasteiger partial charge in [-0.1, -0.05) is 41.2 Å². The first-order chi connectivity index (χ1) is 12.5. The summed E-state index contributed by atoms with van der Waals surface area (Å²) in [5, 5.41) is 19.5. The van der Waals surface area contributed by atoms with Gasteiger partial charge in [-0.25, -0.2) is 0 Å². The third-order valence-corrected chi connectivity index (χ3v) is 5.03. The summed E-state index contributed by atoms with van der Waals surface area (Å²) >= 11 is 0. The van der Waals surface area contributed by atoms with Crippen molar-refractivity contribution in [2.24, 2.45) is 0 Å². The van der Waals surface area contributed by atoms with E-state index in [0.29, 0.717) is 10.2 Å². The SMILES string of the molecule is O=[N+]([O-])c1ccc2nnn(OS(=O)(=O)c3cccc4ccccc34)c2c1. The lowest BCUT2D eigenvalue weighted by Crippen LogP contribution is -2.21. The van der Waals surface area contributed by atoms with Crippen molar-refractivity contribution in [2.45, 2.75) is 4.90 Å². The molecule has 0 amide bonds. The van der Waals surface area contributed by atoms with Crippen molar-refractivity contribution in [1.82, 2.24) is 15.2 Å². The molecule has 0 saturated heterocycles. The Morgan fingerprint density at radius 2 is 1.81 bits per heavy atom. The van der Waals surface area contributed by atoms with E-state index in [1.807, 2.05) is 0 Å². The molecule has 9 nitrogen and oxygen atoms in total. The lowest BCUT2D eigenvalue weighted by Gasteiger charge is -2.08. The first-order valence-corrected chi connectivity index (χ1v) is 8.79. The van der Waals surface area contributed by atoms with Crippen molar-refractivity contribution in [3.05, 3.63) is 70.8 Å². The van der Waals surface area contributed by atoms with Crippen molar-refractivity contribution < 1.29 is 17.6 Å². The fourth-order valence-corrected chi connectivity index (χ4v) is 3.68. The number of rotatable bonds is 4. The van der Waals surface area contributed by atoms with Gasteiger partial charge in [0.25, 0.3) is 5.69 Å². The molecule has 0 aliphatic heterocycles.